The van der Waals surface area contributed by atoms with E-state index in [1.807, 2.05) is 36.4 Å². The number of aliphatic carboxylic acids is 1. The molecule has 0 saturated heterocycles. The van der Waals surface area contributed by atoms with Crippen LogP contribution in [0.1, 0.15) is 42.0 Å². The SMILES string of the molecule is CCCc1nc2c(C)cc(-c3nc4ccccc4n3C)cc2n1Cc1cc(Br)c(OC(C(=O)O)c2ccccc2)c(Br)c1.O. The first-order valence-electron chi connectivity index (χ1n) is 14.1. The molecule has 1 unspecified atom stereocenters. The zero-order valence-electron chi connectivity index (χ0n) is 24.5. The highest BCUT2D eigenvalue weighted by atomic mass is 79.9. The Morgan fingerprint density at radius 2 is 1.64 bits per heavy atom. The van der Waals surface area contributed by atoms with Crippen LogP contribution < -0.4 is 4.74 Å². The molecule has 226 valence electrons. The Morgan fingerprint density at radius 3 is 2.30 bits per heavy atom. The van der Waals surface area contributed by atoms with Crippen molar-refractivity contribution in [1.82, 2.24) is 19.1 Å². The van der Waals surface area contributed by atoms with E-state index in [1.54, 1.807) is 24.3 Å². The van der Waals surface area contributed by atoms with Gasteiger partial charge < -0.3 is 24.5 Å². The molecule has 0 radical (unpaired) electrons. The largest absolute Gasteiger partial charge is 0.478 e. The summed E-state index contributed by atoms with van der Waals surface area (Å²) in [6.07, 6.45) is 0.671. The fourth-order valence-electron chi connectivity index (χ4n) is 5.57. The lowest BCUT2D eigenvalue weighted by molar-refractivity contribution is -0.145. The molecule has 0 aliphatic heterocycles. The molecular weight excluding hydrogens is 688 g/mol. The van der Waals surface area contributed by atoms with E-state index >= 15 is 0 Å². The molecule has 0 bridgehead atoms. The highest BCUT2D eigenvalue weighted by Crippen LogP contribution is 2.39. The Hall–Kier alpha value is -3.99. The second-order valence-electron chi connectivity index (χ2n) is 10.6. The lowest BCUT2D eigenvalue weighted by atomic mass is 10.1. The molecule has 8 nitrogen and oxygen atoms in total. The smallest absolute Gasteiger partial charge is 0.349 e. The summed E-state index contributed by atoms with van der Waals surface area (Å²) in [6.45, 7) is 4.84. The van der Waals surface area contributed by atoms with Gasteiger partial charge in [-0.15, -0.1) is 0 Å². The van der Waals surface area contributed by atoms with Crippen LogP contribution >= 0.6 is 31.9 Å². The molecule has 0 aliphatic rings. The number of para-hydroxylation sites is 2. The average Bonchev–Trinajstić information content (AvgIpc) is 3.50. The van der Waals surface area contributed by atoms with Crippen molar-refractivity contribution < 1.29 is 20.1 Å². The fraction of sp³-hybridized carbons (Fsp3) is 0.206. The molecule has 0 fully saturated rings. The van der Waals surface area contributed by atoms with Crippen LogP contribution in [-0.4, -0.2) is 35.7 Å². The summed E-state index contributed by atoms with van der Waals surface area (Å²) in [6, 6.07) is 25.4. The predicted molar refractivity (Wildman–Crippen MR) is 180 cm³/mol. The quantitative estimate of drug-likeness (QED) is 0.164. The van der Waals surface area contributed by atoms with Gasteiger partial charge in [-0.25, -0.2) is 14.8 Å². The van der Waals surface area contributed by atoms with Crippen LogP contribution in [0.3, 0.4) is 0 Å². The number of carbonyl (C=O) groups is 1. The number of aromatic nitrogens is 4. The van der Waals surface area contributed by atoms with Crippen molar-refractivity contribution in [1.29, 1.82) is 0 Å². The van der Waals surface area contributed by atoms with Crippen LogP contribution in [0.4, 0.5) is 0 Å². The summed E-state index contributed by atoms with van der Waals surface area (Å²) in [7, 11) is 2.05. The summed E-state index contributed by atoms with van der Waals surface area (Å²) < 4.78 is 11.8. The minimum absolute atomic E-state index is 0. The van der Waals surface area contributed by atoms with Gasteiger partial charge in [-0.3, -0.25) is 0 Å². The maximum absolute atomic E-state index is 12.1. The van der Waals surface area contributed by atoms with Gasteiger partial charge in [0.1, 0.15) is 17.4 Å². The lowest BCUT2D eigenvalue weighted by Gasteiger charge is -2.19. The molecule has 6 rings (SSSR count). The van der Waals surface area contributed by atoms with E-state index in [-0.39, 0.29) is 5.48 Å². The number of benzene rings is 4. The number of nitrogens with zero attached hydrogens (tertiary/aromatic N) is 4. The molecule has 1 atom stereocenters. The standard InChI is InChI=1S/C34H30Br2N4O3.H2O/c1-4-10-29-38-30-20(2)15-23(33-37-26-13-8-9-14-27(26)39(33)3)18-28(30)40(29)19-21-16-24(35)32(25(36)17-21)43-31(34(41)42)22-11-6-5-7-12-22;/h5-9,11-18,31H,4,10,19H2,1-3H3,(H,41,42);1H2. The molecule has 0 saturated carbocycles. The number of carboxylic acid groups (broad SMARTS) is 1. The number of aryl methyl sites for hydroxylation is 3. The first-order valence-corrected chi connectivity index (χ1v) is 15.7. The van der Waals surface area contributed by atoms with E-state index in [0.29, 0.717) is 26.8 Å². The van der Waals surface area contributed by atoms with Gasteiger partial charge in [0.15, 0.2) is 0 Å². The molecule has 4 aromatic carbocycles. The summed E-state index contributed by atoms with van der Waals surface area (Å²) in [5.41, 5.74) is 7.81. The third kappa shape index (κ3) is 5.89. The number of fused-ring (bicyclic) bond motifs is 2. The highest BCUT2D eigenvalue weighted by molar-refractivity contribution is 9.11. The number of halogens is 2. The van der Waals surface area contributed by atoms with Crippen molar-refractivity contribution in [2.75, 3.05) is 0 Å². The number of imidazole rings is 2. The fourth-order valence-corrected chi connectivity index (χ4v) is 7.04. The molecule has 0 spiro atoms. The topological polar surface area (TPSA) is 114 Å². The minimum atomic E-state index is -1.14. The summed E-state index contributed by atoms with van der Waals surface area (Å²) in [4.78, 5) is 22.1. The van der Waals surface area contributed by atoms with Crippen LogP contribution in [0.25, 0.3) is 33.5 Å². The van der Waals surface area contributed by atoms with Crippen LogP contribution in [0, 0.1) is 6.92 Å². The maximum atomic E-state index is 12.1. The van der Waals surface area contributed by atoms with E-state index in [1.165, 1.54) is 0 Å². The summed E-state index contributed by atoms with van der Waals surface area (Å²) >= 11 is 7.29. The first kappa shape index (κ1) is 31.4. The molecule has 6 aromatic rings. The summed E-state index contributed by atoms with van der Waals surface area (Å²) in [5.74, 6) is 1.30. The highest BCUT2D eigenvalue weighted by Gasteiger charge is 2.25. The number of carboxylic acids is 1. The van der Waals surface area contributed by atoms with Gasteiger partial charge in [0.05, 0.1) is 31.0 Å². The van der Waals surface area contributed by atoms with E-state index in [4.69, 9.17) is 14.7 Å². The van der Waals surface area contributed by atoms with E-state index in [2.05, 4.69) is 80.1 Å². The molecule has 0 aliphatic carbocycles. The molecule has 2 aromatic heterocycles. The van der Waals surface area contributed by atoms with E-state index in [0.717, 1.165) is 63.2 Å². The minimum Gasteiger partial charge on any atom is -0.478 e. The Bertz CT molecular complexity index is 1960. The molecular formula is C34H32Br2N4O4. The predicted octanol–water partition coefficient (Wildman–Crippen LogP) is 7.80. The van der Waals surface area contributed by atoms with E-state index < -0.39 is 12.1 Å². The van der Waals surface area contributed by atoms with Gasteiger partial charge in [-0.1, -0.05) is 49.4 Å². The Labute approximate surface area is 271 Å². The Kier molecular flexibility index (Phi) is 9.24. The molecule has 44 heavy (non-hydrogen) atoms. The van der Waals surface area contributed by atoms with Gasteiger partial charge in [-0.2, -0.15) is 0 Å². The Balaban J connectivity index is 0.00000384. The Morgan fingerprint density at radius 1 is 0.955 bits per heavy atom. The van der Waals surface area contributed by atoms with Crippen molar-refractivity contribution in [3.63, 3.8) is 0 Å². The number of hydrogen-bond acceptors (Lipinski definition) is 4. The van der Waals surface area contributed by atoms with Crippen molar-refractivity contribution in [3.05, 3.63) is 110 Å². The van der Waals surface area contributed by atoms with Crippen molar-refractivity contribution >= 4 is 59.9 Å². The average molecular weight is 720 g/mol. The second kappa shape index (κ2) is 12.9. The van der Waals surface area contributed by atoms with Crippen LogP contribution in [0.15, 0.2) is 87.8 Å². The molecule has 3 N–H and O–H groups in total. The zero-order chi connectivity index (χ0) is 30.2. The van der Waals surface area contributed by atoms with E-state index in [9.17, 15) is 9.90 Å². The van der Waals surface area contributed by atoms with Crippen molar-refractivity contribution in [3.8, 4) is 17.1 Å². The van der Waals surface area contributed by atoms with Crippen molar-refractivity contribution in [2.24, 2.45) is 7.05 Å². The van der Waals surface area contributed by atoms with Gasteiger partial charge in [-0.05, 0) is 92.7 Å². The lowest BCUT2D eigenvalue weighted by Crippen LogP contribution is -2.18. The van der Waals surface area contributed by atoms with Crippen LogP contribution in [0.2, 0.25) is 0 Å². The maximum Gasteiger partial charge on any atom is 0.349 e. The zero-order valence-corrected chi connectivity index (χ0v) is 27.7. The number of rotatable bonds is 9. The number of ether oxygens (including phenoxy) is 1. The molecule has 10 heteroatoms. The number of hydrogen-bond donors (Lipinski definition) is 1. The van der Waals surface area contributed by atoms with Gasteiger partial charge >= 0.3 is 5.97 Å². The third-order valence-electron chi connectivity index (χ3n) is 7.60. The van der Waals surface area contributed by atoms with Gasteiger partial charge in [0, 0.05) is 31.1 Å². The summed E-state index contributed by atoms with van der Waals surface area (Å²) in [5, 5.41) is 9.89. The second-order valence-corrected chi connectivity index (χ2v) is 12.4. The normalized spacial score (nSPS) is 11.9. The van der Waals surface area contributed by atoms with Crippen LogP contribution in [-0.2, 0) is 24.8 Å². The first-order chi connectivity index (χ1) is 20.7. The molecule has 0 amide bonds. The monoisotopic (exact) mass is 718 g/mol. The van der Waals surface area contributed by atoms with Gasteiger partial charge in [0.25, 0.3) is 0 Å². The third-order valence-corrected chi connectivity index (χ3v) is 8.78. The van der Waals surface area contributed by atoms with Crippen LogP contribution in [0.5, 0.6) is 5.75 Å². The van der Waals surface area contributed by atoms with Gasteiger partial charge in [0.2, 0.25) is 6.10 Å². The van der Waals surface area contributed by atoms with Crippen molar-refractivity contribution in [2.45, 2.75) is 39.3 Å². The molecule has 2 heterocycles.